The maximum Gasteiger partial charge on any atom is 0.407 e. The van der Waals surface area contributed by atoms with Crippen LogP contribution in [0.1, 0.15) is 58.1 Å². The summed E-state index contributed by atoms with van der Waals surface area (Å²) in [6, 6.07) is 14.2. The number of carbonyl (C=O) groups excluding carboxylic acids is 1. The molecule has 0 spiro atoms. The molecule has 4 aromatic heterocycles. The van der Waals surface area contributed by atoms with Crippen molar-refractivity contribution in [3.05, 3.63) is 87.0 Å². The first-order valence-electron chi connectivity index (χ1n) is 14.5. The second-order valence-corrected chi connectivity index (χ2v) is 12.7. The van der Waals surface area contributed by atoms with Crippen molar-refractivity contribution >= 4 is 51.4 Å². The molecule has 1 N–H and O–H groups in total. The van der Waals surface area contributed by atoms with E-state index in [4.69, 9.17) is 42.6 Å². The van der Waals surface area contributed by atoms with Crippen LogP contribution in [0.2, 0.25) is 10.0 Å². The summed E-state index contributed by atoms with van der Waals surface area (Å²) in [4.78, 5) is 40.6. The summed E-state index contributed by atoms with van der Waals surface area (Å²) in [6.45, 7) is 5.72. The van der Waals surface area contributed by atoms with Crippen LogP contribution in [0.25, 0.3) is 22.1 Å². The van der Waals surface area contributed by atoms with Crippen molar-refractivity contribution in [2.24, 2.45) is 0 Å². The quantitative estimate of drug-likeness (QED) is 0.208. The van der Waals surface area contributed by atoms with Crippen molar-refractivity contribution in [3.63, 3.8) is 0 Å². The molecule has 1 fully saturated rings. The Morgan fingerprint density at radius 2 is 1.77 bits per heavy atom. The van der Waals surface area contributed by atoms with Crippen LogP contribution in [0.5, 0.6) is 11.8 Å². The zero-order valence-corrected chi connectivity index (χ0v) is 26.1. The lowest BCUT2D eigenvalue weighted by Crippen LogP contribution is -2.41. The van der Waals surface area contributed by atoms with Gasteiger partial charge in [-0.15, -0.1) is 0 Å². The molecular weight excluding hydrogens is 603 g/mol. The minimum Gasteiger partial charge on any atom is -0.444 e. The monoisotopic (exact) mass is 634 g/mol. The van der Waals surface area contributed by atoms with Gasteiger partial charge in [0.2, 0.25) is 11.8 Å². The molecule has 1 aliphatic carbocycles. The average molecular weight is 636 g/mol. The lowest BCUT2D eigenvalue weighted by atomic mass is 9.91. The number of alkyl carbamates (subject to hydrolysis) is 1. The Morgan fingerprint density at radius 1 is 1.00 bits per heavy atom. The van der Waals surface area contributed by atoms with E-state index >= 15 is 0 Å². The van der Waals surface area contributed by atoms with Gasteiger partial charge in [0, 0.05) is 30.5 Å². The van der Waals surface area contributed by atoms with E-state index in [1.54, 1.807) is 41.2 Å². The van der Waals surface area contributed by atoms with Crippen LogP contribution < -0.4 is 15.7 Å². The number of rotatable bonds is 6. The normalized spacial score (nSPS) is 17.1. The van der Waals surface area contributed by atoms with E-state index in [1.165, 1.54) is 0 Å². The molecule has 5 aromatic rings. The fraction of sp³-hybridized carbons (Fsp3) is 0.344. The number of halogens is 2. The second kappa shape index (κ2) is 12.1. The predicted octanol–water partition coefficient (Wildman–Crippen LogP) is 7.30. The number of pyridine rings is 3. The van der Waals surface area contributed by atoms with Gasteiger partial charge in [0.1, 0.15) is 16.6 Å². The minimum atomic E-state index is -0.578. The molecule has 0 saturated heterocycles. The lowest BCUT2D eigenvalue weighted by Gasteiger charge is -2.30. The van der Waals surface area contributed by atoms with Crippen LogP contribution in [-0.2, 0) is 11.3 Å². The first-order chi connectivity index (χ1) is 21.1. The van der Waals surface area contributed by atoms with E-state index in [9.17, 15) is 9.59 Å². The van der Waals surface area contributed by atoms with E-state index in [0.717, 1.165) is 5.56 Å². The van der Waals surface area contributed by atoms with Crippen LogP contribution in [0, 0.1) is 0 Å². The molecule has 6 rings (SSSR count). The summed E-state index contributed by atoms with van der Waals surface area (Å²) in [6.07, 6.45) is 5.62. The number of imidazole rings is 1. The van der Waals surface area contributed by atoms with Crippen molar-refractivity contribution in [2.75, 3.05) is 0 Å². The largest absolute Gasteiger partial charge is 0.444 e. The summed E-state index contributed by atoms with van der Waals surface area (Å²) in [5.41, 5.74) is 1.66. The molecule has 0 unspecified atom stereocenters. The molecule has 10 nitrogen and oxygen atoms in total. The smallest absolute Gasteiger partial charge is 0.407 e. The molecule has 1 aromatic carbocycles. The van der Waals surface area contributed by atoms with Gasteiger partial charge in [-0.05, 0) is 82.3 Å². The van der Waals surface area contributed by atoms with E-state index in [1.807, 2.05) is 49.6 Å². The Hall–Kier alpha value is -4.15. The maximum absolute atomic E-state index is 14.3. The molecule has 0 bridgehead atoms. The number of fused-ring (bicyclic) bond motifs is 3. The van der Waals surface area contributed by atoms with Gasteiger partial charge in [0.15, 0.2) is 5.65 Å². The lowest BCUT2D eigenvalue weighted by molar-refractivity contribution is 0.0488. The summed E-state index contributed by atoms with van der Waals surface area (Å²) in [7, 11) is 0. The highest BCUT2D eigenvalue weighted by molar-refractivity contribution is 6.42. The Balaban J connectivity index is 1.43. The van der Waals surface area contributed by atoms with Crippen molar-refractivity contribution in [1.82, 2.24) is 29.4 Å². The molecule has 1 saturated carbocycles. The van der Waals surface area contributed by atoms with Gasteiger partial charge in [0.25, 0.3) is 0 Å². The first kappa shape index (κ1) is 29.9. The van der Waals surface area contributed by atoms with Crippen LogP contribution in [0.15, 0.2) is 65.7 Å². The molecule has 1 aliphatic rings. The average Bonchev–Trinajstić information content (AvgIpc) is 3.26. The van der Waals surface area contributed by atoms with Gasteiger partial charge in [-0.25, -0.2) is 14.6 Å². The molecular formula is C32H32Cl2N6O4. The third kappa shape index (κ3) is 6.23. The van der Waals surface area contributed by atoms with Gasteiger partial charge in [0.05, 0.1) is 22.0 Å². The van der Waals surface area contributed by atoms with E-state index in [0.29, 0.717) is 69.6 Å². The Bertz CT molecular complexity index is 1890. The molecule has 4 heterocycles. The molecule has 0 atom stereocenters. The van der Waals surface area contributed by atoms with Crippen LogP contribution in [-0.4, -0.2) is 41.8 Å². The minimum absolute atomic E-state index is 0.0484. The zero-order valence-electron chi connectivity index (χ0n) is 24.6. The third-order valence-corrected chi connectivity index (χ3v) is 8.30. The van der Waals surface area contributed by atoms with Crippen molar-refractivity contribution in [2.45, 2.75) is 70.7 Å². The zero-order chi connectivity index (χ0) is 31.0. The molecule has 0 radical (unpaired) electrons. The van der Waals surface area contributed by atoms with Crippen molar-refractivity contribution < 1.29 is 14.3 Å². The van der Waals surface area contributed by atoms with E-state index in [2.05, 4.69) is 10.3 Å². The van der Waals surface area contributed by atoms with E-state index < -0.39 is 11.7 Å². The fourth-order valence-corrected chi connectivity index (χ4v) is 5.97. The number of nitrogens with one attached hydrogen (secondary N) is 1. The number of aromatic nitrogens is 5. The number of benzene rings is 1. The molecule has 12 heteroatoms. The Morgan fingerprint density at radius 3 is 2.48 bits per heavy atom. The van der Waals surface area contributed by atoms with Gasteiger partial charge in [-0.3, -0.25) is 14.1 Å². The summed E-state index contributed by atoms with van der Waals surface area (Å²) < 4.78 is 15.0. The van der Waals surface area contributed by atoms with Gasteiger partial charge >= 0.3 is 11.8 Å². The topological polar surface area (TPSA) is 113 Å². The Kier molecular flexibility index (Phi) is 8.22. The molecule has 1 amide bonds. The van der Waals surface area contributed by atoms with Crippen molar-refractivity contribution in [3.8, 4) is 11.8 Å². The maximum atomic E-state index is 14.3. The number of hydrogen-bond acceptors (Lipinski definition) is 7. The SMILES string of the molecule is CC(C)(C)OC(=O)NC1CCC(n2c(=O)n(Cc3ccc(Cl)c(Cl)c3)c3nc(Oc4ccccn4)c4cccnc4c32)CC1. The molecule has 0 aliphatic heterocycles. The highest BCUT2D eigenvalue weighted by Crippen LogP contribution is 2.36. The van der Waals surface area contributed by atoms with E-state index in [-0.39, 0.29) is 24.3 Å². The van der Waals surface area contributed by atoms with Gasteiger partial charge in [-0.2, -0.15) is 4.98 Å². The molecule has 228 valence electrons. The van der Waals surface area contributed by atoms with Gasteiger partial charge < -0.3 is 14.8 Å². The fourth-order valence-electron chi connectivity index (χ4n) is 5.65. The van der Waals surface area contributed by atoms with Crippen LogP contribution in [0.4, 0.5) is 4.79 Å². The van der Waals surface area contributed by atoms with Crippen molar-refractivity contribution in [1.29, 1.82) is 0 Å². The number of nitrogens with zero attached hydrogens (tertiary/aromatic N) is 5. The molecule has 44 heavy (non-hydrogen) atoms. The number of amides is 1. The van der Waals surface area contributed by atoms with Crippen LogP contribution >= 0.6 is 23.2 Å². The summed E-state index contributed by atoms with van der Waals surface area (Å²) in [5.74, 6) is 0.669. The van der Waals surface area contributed by atoms with Gasteiger partial charge in [-0.1, -0.05) is 35.3 Å². The summed E-state index contributed by atoms with van der Waals surface area (Å²) >= 11 is 12.5. The summed E-state index contributed by atoms with van der Waals surface area (Å²) in [5, 5.41) is 4.47. The number of hydrogen-bond donors (Lipinski definition) is 1. The van der Waals surface area contributed by atoms with Crippen LogP contribution in [0.3, 0.4) is 0 Å². The number of ether oxygens (including phenoxy) is 2. The first-order valence-corrected chi connectivity index (χ1v) is 15.2. The number of carbonyl (C=O) groups is 1. The third-order valence-electron chi connectivity index (χ3n) is 7.56. The highest BCUT2D eigenvalue weighted by Gasteiger charge is 2.30. The Labute approximate surface area is 263 Å². The highest BCUT2D eigenvalue weighted by atomic mass is 35.5. The predicted molar refractivity (Wildman–Crippen MR) is 170 cm³/mol. The second-order valence-electron chi connectivity index (χ2n) is 11.9. The standard InChI is InChI=1S/C32H32Cl2N6O4/c1-32(2,3)44-30(41)37-20-10-12-21(13-11-20)40-27-26-22(7-6-16-36-26)29(43-25-8-4-5-15-35-25)38-28(27)39(31(40)42)18-19-9-14-23(33)24(34)17-19/h4-9,14-17,20-21H,10-13,18H2,1-3H3,(H,37,41).